The van der Waals surface area contributed by atoms with Crippen LogP contribution in [0.3, 0.4) is 0 Å². The van der Waals surface area contributed by atoms with Gasteiger partial charge < -0.3 is 33.8 Å². The van der Waals surface area contributed by atoms with Gasteiger partial charge in [-0.1, -0.05) is 361 Å². The minimum Gasteiger partial charge on any atom is -0.462 e. The SMILES string of the molecule is CCCCCC/C=C\C=C/CCCCCCCC(=O)O[C@H](COC(=O)CCCCCCCCC)COP(=O)(O)OC[C@H](O)COP(=O)(O)OC[C@@H](COC(=O)CCCCCCCCCCCCCCCCCC(C)C)OC(=O)CCCCCCCCCCCCCCCCCCCCCCC. The summed E-state index contributed by atoms with van der Waals surface area (Å²) in [5, 5.41) is 10.6. The molecule has 0 radical (unpaired) electrons. The number of hydrogen-bond donors (Lipinski definition) is 3. The topological polar surface area (TPSA) is 237 Å². The number of rotatable bonds is 80. The molecule has 0 saturated carbocycles. The van der Waals surface area contributed by atoms with Gasteiger partial charge in [0.1, 0.15) is 19.3 Å². The first-order valence-electron chi connectivity index (χ1n) is 42.0. The van der Waals surface area contributed by atoms with Crippen LogP contribution in [0.4, 0.5) is 0 Å². The molecule has 0 aliphatic carbocycles. The molecule has 19 heteroatoms. The Labute approximate surface area is 618 Å². The standard InChI is InChI=1S/C82H156O17P2/c1-6-9-12-15-18-20-22-24-26-27-28-29-30-31-35-40-44-48-53-58-63-68-82(87)99-78(72-93-80(85)66-61-56-51-46-42-38-36-32-34-37-41-45-50-54-59-64-75(4)5)74-97-101(90,91)95-70-76(83)69-94-100(88,89)96-73-77(71-92-79(84)65-60-55-49-17-14-11-8-3)98-81(86)67-62-57-52-47-43-39-33-25-23-21-19-16-13-10-7-2/h21,23,25,33,75-78,83H,6-20,22,24,26-32,34-74H2,1-5H3,(H,88,89)(H,90,91)/b23-21-,33-25-/t76-,77+,78+/m0/s1. The van der Waals surface area contributed by atoms with E-state index < -0.39 is 97.5 Å². The lowest BCUT2D eigenvalue weighted by Gasteiger charge is -2.21. The van der Waals surface area contributed by atoms with Crippen LogP contribution < -0.4 is 0 Å². The molecule has 101 heavy (non-hydrogen) atoms. The maximum Gasteiger partial charge on any atom is 0.472 e. The number of aliphatic hydroxyl groups excluding tert-OH is 1. The van der Waals surface area contributed by atoms with Gasteiger partial charge in [0.15, 0.2) is 12.2 Å². The Morgan fingerprint density at radius 3 is 0.812 bits per heavy atom. The molecule has 0 spiro atoms. The van der Waals surface area contributed by atoms with Gasteiger partial charge in [0, 0.05) is 25.7 Å². The fraction of sp³-hybridized carbons (Fsp3) is 0.902. The van der Waals surface area contributed by atoms with Gasteiger partial charge in [0.25, 0.3) is 0 Å². The van der Waals surface area contributed by atoms with Crippen LogP contribution >= 0.6 is 15.6 Å². The molecule has 0 fully saturated rings. The fourth-order valence-electron chi connectivity index (χ4n) is 12.2. The summed E-state index contributed by atoms with van der Waals surface area (Å²) >= 11 is 0. The molecule has 0 aliphatic heterocycles. The molecule has 0 aromatic rings. The van der Waals surface area contributed by atoms with E-state index >= 15 is 0 Å². The molecule has 5 atom stereocenters. The quantitative estimate of drug-likeness (QED) is 0.0169. The third-order valence-electron chi connectivity index (χ3n) is 18.7. The van der Waals surface area contributed by atoms with Crippen molar-refractivity contribution in [2.45, 2.75) is 432 Å². The molecule has 0 aliphatic rings. The number of esters is 4. The average molecular weight is 1480 g/mol. The molecular weight excluding hydrogens is 1320 g/mol. The van der Waals surface area contributed by atoms with Crippen LogP contribution in [0.2, 0.25) is 0 Å². The monoisotopic (exact) mass is 1480 g/mol. The van der Waals surface area contributed by atoms with E-state index in [0.29, 0.717) is 25.7 Å². The van der Waals surface area contributed by atoms with E-state index in [4.69, 9.17) is 37.0 Å². The Morgan fingerprint density at radius 1 is 0.307 bits per heavy atom. The van der Waals surface area contributed by atoms with Crippen molar-refractivity contribution in [2.75, 3.05) is 39.6 Å². The van der Waals surface area contributed by atoms with E-state index in [1.54, 1.807) is 0 Å². The predicted molar refractivity (Wildman–Crippen MR) is 414 cm³/mol. The van der Waals surface area contributed by atoms with Crippen molar-refractivity contribution in [1.82, 2.24) is 0 Å². The van der Waals surface area contributed by atoms with Crippen molar-refractivity contribution in [3.8, 4) is 0 Å². The first-order chi connectivity index (χ1) is 49.0. The van der Waals surface area contributed by atoms with Crippen molar-refractivity contribution in [3.05, 3.63) is 24.3 Å². The Morgan fingerprint density at radius 2 is 0.535 bits per heavy atom. The first kappa shape index (κ1) is 98.5. The number of phosphoric acid groups is 2. The van der Waals surface area contributed by atoms with Gasteiger partial charge >= 0.3 is 39.5 Å². The molecule has 3 N–H and O–H groups in total. The summed E-state index contributed by atoms with van der Waals surface area (Å²) in [6.07, 6.45) is 69.1. The number of hydrogen-bond acceptors (Lipinski definition) is 15. The largest absolute Gasteiger partial charge is 0.472 e. The number of carbonyl (C=O) groups excluding carboxylic acids is 4. The zero-order chi connectivity index (χ0) is 74.1. The molecule has 0 rings (SSSR count). The van der Waals surface area contributed by atoms with E-state index in [1.165, 1.54) is 212 Å². The summed E-state index contributed by atoms with van der Waals surface area (Å²) in [6.45, 7) is 7.25. The van der Waals surface area contributed by atoms with Gasteiger partial charge in [-0.2, -0.15) is 0 Å². The molecule has 0 saturated heterocycles. The maximum absolute atomic E-state index is 13.1. The second-order valence-corrected chi connectivity index (χ2v) is 32.2. The van der Waals surface area contributed by atoms with Crippen LogP contribution in [-0.4, -0.2) is 96.7 Å². The zero-order valence-corrected chi connectivity index (χ0v) is 67.3. The minimum atomic E-state index is -4.97. The maximum atomic E-state index is 13.1. The number of carbonyl (C=O) groups is 4. The highest BCUT2D eigenvalue weighted by atomic mass is 31.2. The highest BCUT2D eigenvalue weighted by Crippen LogP contribution is 2.45. The summed E-state index contributed by atoms with van der Waals surface area (Å²) < 4.78 is 68.6. The van der Waals surface area contributed by atoms with Crippen LogP contribution in [0.5, 0.6) is 0 Å². The molecule has 0 amide bonds. The van der Waals surface area contributed by atoms with E-state index in [9.17, 15) is 43.2 Å². The van der Waals surface area contributed by atoms with Crippen LogP contribution in [0.15, 0.2) is 24.3 Å². The lowest BCUT2D eigenvalue weighted by atomic mass is 10.0. The van der Waals surface area contributed by atoms with Crippen molar-refractivity contribution in [3.63, 3.8) is 0 Å². The third-order valence-corrected chi connectivity index (χ3v) is 20.6. The fourth-order valence-corrected chi connectivity index (χ4v) is 13.8. The van der Waals surface area contributed by atoms with Crippen molar-refractivity contribution in [1.29, 1.82) is 0 Å². The smallest absolute Gasteiger partial charge is 0.462 e. The van der Waals surface area contributed by atoms with Gasteiger partial charge in [-0.3, -0.25) is 37.3 Å². The first-order valence-corrected chi connectivity index (χ1v) is 44.9. The minimum absolute atomic E-state index is 0.0850. The molecule has 0 bridgehead atoms. The summed E-state index contributed by atoms with van der Waals surface area (Å²) in [5.41, 5.74) is 0. The zero-order valence-electron chi connectivity index (χ0n) is 65.5. The summed E-state index contributed by atoms with van der Waals surface area (Å²) in [4.78, 5) is 72.9. The van der Waals surface area contributed by atoms with Crippen molar-refractivity contribution in [2.24, 2.45) is 5.92 Å². The lowest BCUT2D eigenvalue weighted by Crippen LogP contribution is -2.30. The number of unbranched alkanes of at least 4 members (excludes halogenated alkanes) is 49. The predicted octanol–water partition coefficient (Wildman–Crippen LogP) is 24.4. The molecular formula is C82H156O17P2. The van der Waals surface area contributed by atoms with E-state index in [2.05, 4.69) is 58.9 Å². The van der Waals surface area contributed by atoms with Crippen LogP contribution in [-0.2, 0) is 65.4 Å². The van der Waals surface area contributed by atoms with Crippen LogP contribution in [0, 0.1) is 5.92 Å². The Kier molecular flexibility index (Phi) is 72.6. The van der Waals surface area contributed by atoms with Crippen LogP contribution in [0.25, 0.3) is 0 Å². The number of aliphatic hydroxyl groups is 1. The van der Waals surface area contributed by atoms with Crippen molar-refractivity contribution >= 4 is 39.5 Å². The van der Waals surface area contributed by atoms with Gasteiger partial charge in [-0.05, 0) is 57.3 Å². The summed E-state index contributed by atoms with van der Waals surface area (Å²) in [5.74, 6) is -1.34. The highest BCUT2D eigenvalue weighted by Gasteiger charge is 2.30. The van der Waals surface area contributed by atoms with E-state index in [1.807, 2.05) is 0 Å². The summed E-state index contributed by atoms with van der Waals surface area (Å²) in [7, 11) is -9.93. The molecule has 596 valence electrons. The number of phosphoric ester groups is 2. The Hall–Kier alpha value is -2.46. The normalized spacial score (nSPS) is 14.0. The average Bonchev–Trinajstić information content (AvgIpc) is 0.959. The highest BCUT2D eigenvalue weighted by molar-refractivity contribution is 7.47. The molecule has 0 aromatic carbocycles. The molecule has 0 aromatic heterocycles. The lowest BCUT2D eigenvalue weighted by molar-refractivity contribution is -0.161. The summed E-state index contributed by atoms with van der Waals surface area (Å²) in [6, 6.07) is 0. The van der Waals surface area contributed by atoms with E-state index in [-0.39, 0.29) is 25.7 Å². The van der Waals surface area contributed by atoms with E-state index in [0.717, 1.165) is 121 Å². The van der Waals surface area contributed by atoms with Gasteiger partial charge in [-0.15, -0.1) is 0 Å². The Balaban J connectivity index is 5.20. The van der Waals surface area contributed by atoms with Gasteiger partial charge in [0.05, 0.1) is 26.4 Å². The molecule has 0 heterocycles. The number of ether oxygens (including phenoxy) is 4. The second-order valence-electron chi connectivity index (χ2n) is 29.3. The van der Waals surface area contributed by atoms with Gasteiger partial charge in [0.2, 0.25) is 0 Å². The third kappa shape index (κ3) is 75.6. The second kappa shape index (κ2) is 74.4. The van der Waals surface area contributed by atoms with Crippen molar-refractivity contribution < 1.29 is 80.2 Å². The van der Waals surface area contributed by atoms with Gasteiger partial charge in [-0.25, -0.2) is 9.13 Å². The Bertz CT molecular complexity index is 2020. The molecule has 17 nitrogen and oxygen atoms in total. The molecule has 2 unspecified atom stereocenters. The number of allylic oxidation sites excluding steroid dienone is 4. The van der Waals surface area contributed by atoms with Crippen LogP contribution in [0.1, 0.15) is 413 Å².